The van der Waals surface area contributed by atoms with Gasteiger partial charge in [-0.2, -0.15) is 0 Å². The highest BCUT2D eigenvalue weighted by Gasteiger charge is 2.21. The summed E-state index contributed by atoms with van der Waals surface area (Å²) in [5.74, 6) is 4.06. The van der Waals surface area contributed by atoms with Crippen LogP contribution in [0.4, 0.5) is 0 Å². The van der Waals surface area contributed by atoms with Crippen LogP contribution in [0.1, 0.15) is 44.8 Å². The molecule has 0 radical (unpaired) electrons. The highest BCUT2D eigenvalue weighted by atomic mass is 16.5. The van der Waals surface area contributed by atoms with Gasteiger partial charge in [-0.3, -0.25) is 19.7 Å². The zero-order valence-electron chi connectivity index (χ0n) is 33.9. The molecule has 0 aliphatic rings. The normalized spacial score (nSPS) is 11.2. The SMILES string of the molecule is COc1cc2nccc(Oc3ccc(C)nc3C(=O)c3ccccc3)c2cc1OC.COc1cc2nccc(Oc3ccc(C)nc3C(O)c3ccccc3)c2cc1OC. The molecule has 8 aromatic rings. The molecule has 0 fully saturated rings. The van der Waals surface area contributed by atoms with Crippen molar-refractivity contribution in [1.82, 2.24) is 19.9 Å². The van der Waals surface area contributed by atoms with Crippen molar-refractivity contribution in [2.24, 2.45) is 0 Å². The van der Waals surface area contributed by atoms with Crippen LogP contribution < -0.4 is 28.4 Å². The largest absolute Gasteiger partial charge is 0.493 e. The average Bonchev–Trinajstić information content (AvgIpc) is 3.29. The number of hydrogen-bond acceptors (Lipinski definition) is 12. The summed E-state index contributed by atoms with van der Waals surface area (Å²) in [6, 6.07) is 36.4. The Hall–Kier alpha value is -7.57. The summed E-state index contributed by atoms with van der Waals surface area (Å²) in [6.45, 7) is 3.72. The van der Waals surface area contributed by atoms with Crippen LogP contribution in [0.5, 0.6) is 46.0 Å². The molecule has 0 saturated heterocycles. The number of methoxy groups -OCH3 is 4. The van der Waals surface area contributed by atoms with Crippen LogP contribution in [-0.4, -0.2) is 59.3 Å². The molecule has 4 aromatic heterocycles. The molecule has 4 aromatic carbocycles. The first-order chi connectivity index (χ1) is 29.2. The lowest BCUT2D eigenvalue weighted by atomic mass is 10.1. The molecule has 8 rings (SSSR count). The molecule has 4 heterocycles. The minimum Gasteiger partial charge on any atom is -0.493 e. The minimum absolute atomic E-state index is 0.202. The van der Waals surface area contributed by atoms with E-state index in [2.05, 4.69) is 19.9 Å². The number of rotatable bonds is 12. The maximum absolute atomic E-state index is 13.1. The number of ether oxygens (including phenoxy) is 6. The first kappa shape index (κ1) is 40.6. The number of pyridine rings is 4. The maximum Gasteiger partial charge on any atom is 0.215 e. The van der Waals surface area contributed by atoms with Gasteiger partial charge in [0.15, 0.2) is 40.2 Å². The summed E-state index contributed by atoms with van der Waals surface area (Å²) in [5.41, 5.74) is 4.90. The van der Waals surface area contributed by atoms with E-state index in [1.54, 1.807) is 89.4 Å². The van der Waals surface area contributed by atoms with Crippen molar-refractivity contribution in [2.45, 2.75) is 20.0 Å². The minimum atomic E-state index is -0.913. The van der Waals surface area contributed by atoms with Crippen molar-refractivity contribution < 1.29 is 38.3 Å². The number of nitrogens with zero attached hydrogens (tertiary/aromatic N) is 4. The lowest BCUT2D eigenvalue weighted by Crippen LogP contribution is -2.07. The van der Waals surface area contributed by atoms with Gasteiger partial charge in [-0.05, 0) is 67.9 Å². The second-order valence-corrected chi connectivity index (χ2v) is 13.4. The standard InChI is InChI=1S/C24H22N2O4.C24H20N2O4/c2*1-15-9-10-20(23(26-15)24(27)16-7-5-4-6-8-16)30-19-11-12-25-18-14-22(29-3)21(28-2)13-17(18)19/h4-14,24,27H,1-3H3;4-14H,1-3H3. The van der Waals surface area contributed by atoms with Crippen molar-refractivity contribution >= 4 is 27.6 Å². The fraction of sp³-hybridized carbons (Fsp3) is 0.146. The predicted molar refractivity (Wildman–Crippen MR) is 228 cm³/mol. The van der Waals surface area contributed by atoms with Crippen LogP contribution in [0, 0.1) is 13.8 Å². The van der Waals surface area contributed by atoms with Gasteiger partial charge in [-0.1, -0.05) is 60.7 Å². The van der Waals surface area contributed by atoms with Gasteiger partial charge in [-0.15, -0.1) is 0 Å². The third kappa shape index (κ3) is 8.79. The summed E-state index contributed by atoms with van der Waals surface area (Å²) in [5, 5.41) is 12.4. The van der Waals surface area contributed by atoms with Gasteiger partial charge in [0.1, 0.15) is 23.3 Å². The van der Waals surface area contributed by atoms with Crippen molar-refractivity contribution in [3.8, 4) is 46.0 Å². The van der Waals surface area contributed by atoms with E-state index in [4.69, 9.17) is 28.4 Å². The van der Waals surface area contributed by atoms with Crippen molar-refractivity contribution in [2.75, 3.05) is 28.4 Å². The van der Waals surface area contributed by atoms with Crippen LogP contribution in [0.3, 0.4) is 0 Å². The van der Waals surface area contributed by atoms with Gasteiger partial charge in [-0.25, -0.2) is 4.98 Å². The lowest BCUT2D eigenvalue weighted by molar-refractivity contribution is 0.103. The fourth-order valence-electron chi connectivity index (χ4n) is 6.46. The van der Waals surface area contributed by atoms with Crippen LogP contribution >= 0.6 is 0 Å². The van der Waals surface area contributed by atoms with E-state index in [1.165, 1.54) is 0 Å². The Morgan fingerprint density at radius 3 is 1.52 bits per heavy atom. The number of hydrogen-bond donors (Lipinski definition) is 1. The number of benzene rings is 4. The Labute approximate surface area is 347 Å². The van der Waals surface area contributed by atoms with Crippen molar-refractivity contribution in [3.05, 3.63) is 168 Å². The number of fused-ring (bicyclic) bond motifs is 2. The van der Waals surface area contributed by atoms with Gasteiger partial charge < -0.3 is 33.5 Å². The van der Waals surface area contributed by atoms with Gasteiger partial charge in [0, 0.05) is 52.3 Å². The van der Waals surface area contributed by atoms with E-state index in [0.717, 1.165) is 27.7 Å². The van der Waals surface area contributed by atoms with Gasteiger partial charge in [0.2, 0.25) is 5.78 Å². The van der Waals surface area contributed by atoms with E-state index >= 15 is 0 Å². The van der Waals surface area contributed by atoms with E-state index in [-0.39, 0.29) is 11.5 Å². The van der Waals surface area contributed by atoms with Gasteiger partial charge >= 0.3 is 0 Å². The van der Waals surface area contributed by atoms with Gasteiger partial charge in [0.25, 0.3) is 0 Å². The third-order valence-electron chi connectivity index (χ3n) is 9.50. The smallest absolute Gasteiger partial charge is 0.215 e. The molecular formula is C48H42N4O8. The molecule has 1 N–H and O–H groups in total. The molecule has 302 valence electrons. The topological polar surface area (TPSA) is 144 Å². The second-order valence-electron chi connectivity index (χ2n) is 13.4. The number of aromatic nitrogens is 4. The number of ketones is 1. The highest BCUT2D eigenvalue weighted by Crippen LogP contribution is 2.40. The van der Waals surface area contributed by atoms with Crippen LogP contribution in [0.25, 0.3) is 21.8 Å². The molecule has 1 atom stereocenters. The number of carbonyl (C=O) groups excluding carboxylic acids is 1. The Morgan fingerprint density at radius 2 is 0.983 bits per heavy atom. The van der Waals surface area contributed by atoms with Gasteiger partial charge in [0.05, 0.1) is 39.5 Å². The quantitative estimate of drug-likeness (QED) is 0.117. The monoisotopic (exact) mass is 802 g/mol. The molecule has 12 heteroatoms. The first-order valence-electron chi connectivity index (χ1n) is 18.9. The third-order valence-corrected chi connectivity index (χ3v) is 9.50. The number of aliphatic hydroxyl groups excluding tert-OH is 1. The van der Waals surface area contributed by atoms with E-state index in [9.17, 15) is 9.90 Å². The summed E-state index contributed by atoms with van der Waals surface area (Å²) >= 11 is 0. The molecule has 0 spiro atoms. The molecule has 0 amide bonds. The molecule has 0 bridgehead atoms. The zero-order valence-corrected chi connectivity index (χ0v) is 33.9. The highest BCUT2D eigenvalue weighted by molar-refractivity contribution is 6.09. The summed E-state index contributed by atoms with van der Waals surface area (Å²) in [7, 11) is 6.31. The second kappa shape index (κ2) is 18.3. The maximum atomic E-state index is 13.1. The molecule has 1 unspecified atom stereocenters. The fourth-order valence-corrected chi connectivity index (χ4v) is 6.46. The van der Waals surface area contributed by atoms with Crippen molar-refractivity contribution in [3.63, 3.8) is 0 Å². The Kier molecular flexibility index (Phi) is 12.4. The lowest BCUT2D eigenvalue weighted by Gasteiger charge is -2.17. The average molecular weight is 803 g/mol. The molecule has 0 saturated carbocycles. The van der Waals surface area contributed by atoms with Crippen LogP contribution in [0.2, 0.25) is 0 Å². The number of carbonyl (C=O) groups is 1. The van der Waals surface area contributed by atoms with E-state index < -0.39 is 6.10 Å². The summed E-state index contributed by atoms with van der Waals surface area (Å²) in [6.07, 6.45) is 2.39. The van der Waals surface area contributed by atoms with Crippen molar-refractivity contribution in [1.29, 1.82) is 0 Å². The molecule has 12 nitrogen and oxygen atoms in total. The molecular weight excluding hydrogens is 761 g/mol. The Balaban J connectivity index is 0.000000181. The van der Waals surface area contributed by atoms with Crippen LogP contribution in [0.15, 0.2) is 134 Å². The zero-order chi connectivity index (χ0) is 42.2. The summed E-state index contributed by atoms with van der Waals surface area (Å²) < 4.78 is 34.0. The summed E-state index contributed by atoms with van der Waals surface area (Å²) in [4.78, 5) is 30.9. The van der Waals surface area contributed by atoms with E-state index in [0.29, 0.717) is 68.3 Å². The Bertz CT molecular complexity index is 2780. The molecule has 60 heavy (non-hydrogen) atoms. The predicted octanol–water partition coefficient (Wildman–Crippen LogP) is 9.81. The Morgan fingerprint density at radius 1 is 0.517 bits per heavy atom. The van der Waals surface area contributed by atoms with E-state index in [1.807, 2.05) is 86.6 Å². The number of aryl methyl sites for hydroxylation is 2. The number of aliphatic hydroxyl groups is 1. The molecule has 0 aliphatic carbocycles. The van der Waals surface area contributed by atoms with Crippen LogP contribution in [-0.2, 0) is 0 Å². The first-order valence-corrected chi connectivity index (χ1v) is 18.9. The molecule has 0 aliphatic heterocycles.